The Hall–Kier alpha value is -1.60. The number of hydrogen-bond donors (Lipinski definition) is 0. The molecule has 0 N–H and O–H groups in total. The first kappa shape index (κ1) is 18.2. The van der Waals surface area contributed by atoms with Gasteiger partial charge in [-0.05, 0) is 25.1 Å². The predicted octanol–water partition coefficient (Wildman–Crippen LogP) is 4.59. The number of aromatic nitrogens is 3. The number of halogens is 3. The number of benzene rings is 1. The van der Waals surface area contributed by atoms with Gasteiger partial charge in [0.25, 0.3) is 5.56 Å². The van der Waals surface area contributed by atoms with Crippen molar-refractivity contribution in [3.63, 3.8) is 0 Å². The van der Waals surface area contributed by atoms with Crippen molar-refractivity contribution >= 4 is 51.8 Å². The Morgan fingerprint density at radius 2 is 2.04 bits per heavy atom. The molecule has 3 rings (SSSR count). The third kappa shape index (κ3) is 3.82. The molecular weight excluding hydrogens is 403 g/mol. The summed E-state index contributed by atoms with van der Waals surface area (Å²) in [5, 5.41) is 8.02. The van der Waals surface area contributed by atoms with E-state index in [1.165, 1.54) is 6.20 Å². The van der Waals surface area contributed by atoms with E-state index in [0.29, 0.717) is 28.0 Å². The maximum absolute atomic E-state index is 12.6. The summed E-state index contributed by atoms with van der Waals surface area (Å²) in [5.41, 5.74) is 1.40. The zero-order valence-corrected chi connectivity index (χ0v) is 16.4. The SMILES string of the molecule is Cc1nc(CN(C)c2cnn(-c3ccc(Cl)cc3Cl)c(=O)c2Cl)cs1. The van der Waals surface area contributed by atoms with Gasteiger partial charge in [-0.3, -0.25) is 4.79 Å². The van der Waals surface area contributed by atoms with E-state index >= 15 is 0 Å². The van der Waals surface area contributed by atoms with Crippen LogP contribution in [0, 0.1) is 6.92 Å². The highest BCUT2D eigenvalue weighted by Gasteiger charge is 2.16. The van der Waals surface area contributed by atoms with E-state index in [0.717, 1.165) is 15.4 Å². The molecule has 0 saturated heterocycles. The molecule has 1 aromatic carbocycles. The molecule has 25 heavy (non-hydrogen) atoms. The molecule has 2 aromatic heterocycles. The van der Waals surface area contributed by atoms with Crippen molar-refractivity contribution in [2.24, 2.45) is 0 Å². The highest BCUT2D eigenvalue weighted by molar-refractivity contribution is 7.09. The van der Waals surface area contributed by atoms with E-state index in [9.17, 15) is 4.79 Å². The van der Waals surface area contributed by atoms with Crippen LogP contribution in [-0.4, -0.2) is 21.8 Å². The van der Waals surface area contributed by atoms with Gasteiger partial charge in [-0.2, -0.15) is 9.78 Å². The van der Waals surface area contributed by atoms with Crippen molar-refractivity contribution in [1.29, 1.82) is 0 Å². The molecule has 3 aromatic rings. The molecule has 2 heterocycles. The van der Waals surface area contributed by atoms with E-state index < -0.39 is 5.56 Å². The van der Waals surface area contributed by atoms with Crippen LogP contribution in [0.1, 0.15) is 10.7 Å². The lowest BCUT2D eigenvalue weighted by molar-refractivity contribution is 0.792. The molecule has 0 fully saturated rings. The van der Waals surface area contributed by atoms with Crippen LogP contribution in [0.4, 0.5) is 5.69 Å². The zero-order chi connectivity index (χ0) is 18.1. The van der Waals surface area contributed by atoms with Crippen LogP contribution in [0.2, 0.25) is 15.1 Å². The lowest BCUT2D eigenvalue weighted by Gasteiger charge is -2.19. The standard InChI is InChI=1S/C16H13Cl3N4OS/c1-9-21-11(8-25-9)7-22(2)14-6-20-23(16(24)15(14)19)13-4-3-10(17)5-12(13)18/h3-6,8H,7H2,1-2H3. The molecule has 0 amide bonds. The molecule has 0 aliphatic heterocycles. The van der Waals surface area contributed by atoms with Crippen molar-refractivity contribution in [3.8, 4) is 5.69 Å². The minimum atomic E-state index is -0.454. The van der Waals surface area contributed by atoms with Gasteiger partial charge in [-0.15, -0.1) is 11.3 Å². The van der Waals surface area contributed by atoms with Crippen LogP contribution in [0.5, 0.6) is 0 Å². The van der Waals surface area contributed by atoms with Crippen LogP contribution >= 0.6 is 46.1 Å². The second-order valence-electron chi connectivity index (χ2n) is 5.37. The average molecular weight is 416 g/mol. The lowest BCUT2D eigenvalue weighted by atomic mass is 10.3. The summed E-state index contributed by atoms with van der Waals surface area (Å²) < 4.78 is 1.16. The molecule has 5 nitrogen and oxygen atoms in total. The van der Waals surface area contributed by atoms with Gasteiger partial charge in [0.15, 0.2) is 0 Å². The summed E-state index contributed by atoms with van der Waals surface area (Å²) in [5.74, 6) is 0. The van der Waals surface area contributed by atoms with Crippen molar-refractivity contribution < 1.29 is 0 Å². The molecule has 0 saturated carbocycles. The van der Waals surface area contributed by atoms with Gasteiger partial charge in [-0.25, -0.2) is 4.98 Å². The maximum Gasteiger partial charge on any atom is 0.292 e. The normalized spacial score (nSPS) is 10.9. The molecule has 0 unspecified atom stereocenters. The molecule has 130 valence electrons. The molecule has 0 aliphatic carbocycles. The van der Waals surface area contributed by atoms with Crippen molar-refractivity contribution in [2.75, 3.05) is 11.9 Å². The van der Waals surface area contributed by atoms with Crippen molar-refractivity contribution in [3.05, 3.63) is 65.9 Å². The van der Waals surface area contributed by atoms with Crippen LogP contribution in [0.15, 0.2) is 34.6 Å². The molecular formula is C16H13Cl3N4OS. The molecule has 0 radical (unpaired) electrons. The number of anilines is 1. The quantitative estimate of drug-likeness (QED) is 0.625. The Bertz CT molecular complexity index is 986. The van der Waals surface area contributed by atoms with Crippen molar-refractivity contribution in [1.82, 2.24) is 14.8 Å². The summed E-state index contributed by atoms with van der Waals surface area (Å²) in [7, 11) is 1.83. The molecule has 0 aliphatic rings. The fraction of sp³-hybridized carbons (Fsp3) is 0.188. The summed E-state index contributed by atoms with van der Waals surface area (Å²) >= 11 is 19.9. The number of hydrogen-bond acceptors (Lipinski definition) is 5. The topological polar surface area (TPSA) is 51.0 Å². The average Bonchev–Trinajstić information content (AvgIpc) is 2.95. The van der Waals surface area contributed by atoms with E-state index in [1.54, 1.807) is 29.5 Å². The third-order valence-corrected chi connectivity index (χ3v) is 5.23. The van der Waals surface area contributed by atoms with E-state index in [2.05, 4.69) is 10.1 Å². The van der Waals surface area contributed by atoms with E-state index in [-0.39, 0.29) is 5.02 Å². The Morgan fingerprint density at radius 3 is 2.68 bits per heavy atom. The van der Waals surface area contributed by atoms with Gasteiger partial charge in [0.1, 0.15) is 5.02 Å². The predicted molar refractivity (Wildman–Crippen MR) is 104 cm³/mol. The zero-order valence-electron chi connectivity index (χ0n) is 13.3. The largest absolute Gasteiger partial charge is 0.366 e. The van der Waals surface area contributed by atoms with Gasteiger partial charge in [0.05, 0.1) is 39.8 Å². The second kappa shape index (κ2) is 7.33. The Morgan fingerprint density at radius 1 is 1.28 bits per heavy atom. The summed E-state index contributed by atoms with van der Waals surface area (Å²) in [6.45, 7) is 2.47. The lowest BCUT2D eigenvalue weighted by Crippen LogP contribution is -2.26. The summed E-state index contributed by atoms with van der Waals surface area (Å²) in [4.78, 5) is 18.9. The van der Waals surface area contributed by atoms with Crippen molar-refractivity contribution in [2.45, 2.75) is 13.5 Å². The number of nitrogens with zero attached hydrogens (tertiary/aromatic N) is 4. The number of aryl methyl sites for hydroxylation is 1. The Labute approximate surface area is 163 Å². The van der Waals surface area contributed by atoms with Gasteiger partial charge in [0, 0.05) is 17.5 Å². The Kier molecular flexibility index (Phi) is 5.34. The minimum Gasteiger partial charge on any atom is -0.366 e. The first-order valence-electron chi connectivity index (χ1n) is 7.22. The van der Waals surface area contributed by atoms with Gasteiger partial charge in [0.2, 0.25) is 0 Å². The number of thiazole rings is 1. The summed E-state index contributed by atoms with van der Waals surface area (Å²) in [6, 6.07) is 4.80. The minimum absolute atomic E-state index is 0.0652. The van der Waals surface area contributed by atoms with Gasteiger partial charge < -0.3 is 4.90 Å². The second-order valence-corrected chi connectivity index (χ2v) is 7.65. The van der Waals surface area contributed by atoms with E-state index in [4.69, 9.17) is 34.8 Å². The first-order valence-corrected chi connectivity index (χ1v) is 9.23. The van der Waals surface area contributed by atoms with Crippen LogP contribution < -0.4 is 10.5 Å². The number of rotatable bonds is 4. The van der Waals surface area contributed by atoms with Crippen LogP contribution in [0.3, 0.4) is 0 Å². The smallest absolute Gasteiger partial charge is 0.292 e. The highest BCUT2D eigenvalue weighted by atomic mass is 35.5. The fourth-order valence-electron chi connectivity index (χ4n) is 2.32. The molecule has 0 spiro atoms. The van der Waals surface area contributed by atoms with E-state index in [1.807, 2.05) is 24.3 Å². The Balaban J connectivity index is 1.96. The molecule has 0 atom stereocenters. The third-order valence-electron chi connectivity index (χ3n) is 3.52. The summed E-state index contributed by atoms with van der Waals surface area (Å²) in [6.07, 6.45) is 1.54. The highest BCUT2D eigenvalue weighted by Crippen LogP contribution is 2.26. The van der Waals surface area contributed by atoms with Gasteiger partial charge in [-0.1, -0.05) is 34.8 Å². The first-order chi connectivity index (χ1) is 11.9. The van der Waals surface area contributed by atoms with Gasteiger partial charge >= 0.3 is 0 Å². The maximum atomic E-state index is 12.6. The molecule has 9 heteroatoms. The monoisotopic (exact) mass is 414 g/mol. The fourth-order valence-corrected chi connectivity index (χ4v) is 3.69. The molecule has 0 bridgehead atoms. The van der Waals surface area contributed by atoms with Crippen LogP contribution in [-0.2, 0) is 6.54 Å². The van der Waals surface area contributed by atoms with Crippen LogP contribution in [0.25, 0.3) is 5.69 Å².